The van der Waals surface area contributed by atoms with Crippen LogP contribution in [-0.2, 0) is 6.54 Å². The zero-order valence-electron chi connectivity index (χ0n) is 14.0. The van der Waals surface area contributed by atoms with E-state index in [4.69, 9.17) is 4.98 Å². The average Bonchev–Trinajstić information content (AvgIpc) is 3.21. The number of fused-ring (bicyclic) bond motifs is 1. The predicted molar refractivity (Wildman–Crippen MR) is 92.3 cm³/mol. The number of hydrogen-bond acceptors (Lipinski definition) is 4. The second kappa shape index (κ2) is 6.57. The Kier molecular flexibility index (Phi) is 4.31. The minimum Gasteiger partial charge on any atom is -0.311 e. The van der Waals surface area contributed by atoms with Gasteiger partial charge in [-0.15, -0.1) is 0 Å². The van der Waals surface area contributed by atoms with Crippen LogP contribution >= 0.6 is 0 Å². The largest absolute Gasteiger partial charge is 0.311 e. The van der Waals surface area contributed by atoms with Crippen molar-refractivity contribution in [2.75, 3.05) is 26.2 Å². The molecular weight excluding hydrogens is 286 g/mol. The van der Waals surface area contributed by atoms with E-state index in [-0.39, 0.29) is 0 Å². The summed E-state index contributed by atoms with van der Waals surface area (Å²) in [6, 6.07) is 4.48. The molecule has 2 aliphatic rings. The lowest BCUT2D eigenvalue weighted by molar-refractivity contribution is 0.327. The van der Waals surface area contributed by atoms with Crippen molar-refractivity contribution in [3.63, 3.8) is 0 Å². The van der Waals surface area contributed by atoms with Crippen LogP contribution in [0.25, 0.3) is 11.2 Å². The summed E-state index contributed by atoms with van der Waals surface area (Å²) in [7, 11) is 0. The molecular formula is C18H27N5. The van der Waals surface area contributed by atoms with Crippen LogP contribution in [0.4, 0.5) is 0 Å². The van der Waals surface area contributed by atoms with E-state index >= 15 is 0 Å². The van der Waals surface area contributed by atoms with E-state index < -0.39 is 0 Å². The molecule has 2 fully saturated rings. The number of pyridine rings is 1. The SMILES string of the molecule is CCN1CCC(Cn2c(C3CCCCN3)nc3cccnc32)C1. The summed E-state index contributed by atoms with van der Waals surface area (Å²) >= 11 is 0. The fourth-order valence-corrected chi connectivity index (χ4v) is 4.10. The van der Waals surface area contributed by atoms with Crippen molar-refractivity contribution >= 4 is 11.2 Å². The minimum atomic E-state index is 0.390. The van der Waals surface area contributed by atoms with Crippen LogP contribution in [0, 0.1) is 5.92 Å². The van der Waals surface area contributed by atoms with Crippen LogP contribution in [0.5, 0.6) is 0 Å². The van der Waals surface area contributed by atoms with Crippen LogP contribution in [0.15, 0.2) is 18.3 Å². The van der Waals surface area contributed by atoms with Gasteiger partial charge in [-0.1, -0.05) is 13.3 Å². The Morgan fingerprint density at radius 2 is 2.26 bits per heavy atom. The molecule has 2 atom stereocenters. The van der Waals surface area contributed by atoms with Crippen LogP contribution in [0.3, 0.4) is 0 Å². The highest BCUT2D eigenvalue weighted by molar-refractivity contribution is 5.71. The molecule has 0 bridgehead atoms. The van der Waals surface area contributed by atoms with E-state index in [1.807, 2.05) is 12.3 Å². The fraction of sp³-hybridized carbons (Fsp3) is 0.667. The van der Waals surface area contributed by atoms with Crippen molar-refractivity contribution in [3.8, 4) is 0 Å². The van der Waals surface area contributed by atoms with Crippen molar-refractivity contribution in [3.05, 3.63) is 24.2 Å². The second-order valence-electron chi connectivity index (χ2n) is 6.98. The summed E-state index contributed by atoms with van der Waals surface area (Å²) < 4.78 is 2.40. The molecule has 2 saturated heterocycles. The quantitative estimate of drug-likeness (QED) is 0.942. The lowest BCUT2D eigenvalue weighted by Crippen LogP contribution is -2.30. The molecule has 5 nitrogen and oxygen atoms in total. The molecule has 4 heterocycles. The van der Waals surface area contributed by atoms with E-state index in [1.165, 1.54) is 44.6 Å². The summed E-state index contributed by atoms with van der Waals surface area (Å²) in [5.41, 5.74) is 2.10. The van der Waals surface area contributed by atoms with Crippen molar-refractivity contribution in [1.82, 2.24) is 24.8 Å². The Hall–Kier alpha value is -1.46. The van der Waals surface area contributed by atoms with Crippen molar-refractivity contribution in [2.24, 2.45) is 5.92 Å². The third-order valence-electron chi connectivity index (χ3n) is 5.41. The molecule has 0 radical (unpaired) electrons. The highest BCUT2D eigenvalue weighted by Gasteiger charge is 2.27. The maximum atomic E-state index is 4.94. The fourth-order valence-electron chi connectivity index (χ4n) is 4.10. The van der Waals surface area contributed by atoms with Crippen LogP contribution in [0.2, 0.25) is 0 Å². The van der Waals surface area contributed by atoms with E-state index in [0.29, 0.717) is 6.04 Å². The topological polar surface area (TPSA) is 46.0 Å². The molecule has 0 aliphatic carbocycles. The summed E-state index contributed by atoms with van der Waals surface area (Å²) in [5, 5.41) is 3.66. The lowest BCUT2D eigenvalue weighted by Gasteiger charge is -2.24. The van der Waals surface area contributed by atoms with Gasteiger partial charge < -0.3 is 14.8 Å². The number of likely N-dealkylation sites (tertiary alicyclic amines) is 1. The first-order valence-electron chi connectivity index (χ1n) is 9.12. The van der Waals surface area contributed by atoms with Gasteiger partial charge in [-0.3, -0.25) is 0 Å². The Labute approximate surface area is 138 Å². The van der Waals surface area contributed by atoms with Gasteiger partial charge in [-0.25, -0.2) is 9.97 Å². The van der Waals surface area contributed by atoms with Gasteiger partial charge >= 0.3 is 0 Å². The molecule has 0 aromatic carbocycles. The number of imidazole rings is 1. The summed E-state index contributed by atoms with van der Waals surface area (Å²) in [6.07, 6.45) is 6.95. The summed E-state index contributed by atoms with van der Waals surface area (Å²) in [4.78, 5) is 12.1. The van der Waals surface area contributed by atoms with Crippen LogP contribution in [0.1, 0.15) is 44.5 Å². The first-order chi connectivity index (χ1) is 11.3. The van der Waals surface area contributed by atoms with Gasteiger partial charge in [0.15, 0.2) is 5.65 Å². The normalized spacial score (nSPS) is 26.1. The molecule has 2 aromatic heterocycles. The first-order valence-corrected chi connectivity index (χ1v) is 9.12. The van der Waals surface area contributed by atoms with Crippen molar-refractivity contribution in [1.29, 1.82) is 0 Å². The van der Waals surface area contributed by atoms with E-state index in [9.17, 15) is 0 Å². The number of aromatic nitrogens is 3. The smallest absolute Gasteiger partial charge is 0.160 e. The van der Waals surface area contributed by atoms with Crippen molar-refractivity contribution < 1.29 is 0 Å². The van der Waals surface area contributed by atoms with Gasteiger partial charge in [0.1, 0.15) is 11.3 Å². The maximum Gasteiger partial charge on any atom is 0.160 e. The zero-order valence-corrected chi connectivity index (χ0v) is 14.0. The van der Waals surface area contributed by atoms with Gasteiger partial charge in [0.05, 0.1) is 6.04 Å². The van der Waals surface area contributed by atoms with Gasteiger partial charge in [-0.2, -0.15) is 0 Å². The van der Waals surface area contributed by atoms with Gasteiger partial charge in [0.2, 0.25) is 0 Å². The molecule has 2 aliphatic heterocycles. The Morgan fingerprint density at radius 3 is 3.04 bits per heavy atom. The van der Waals surface area contributed by atoms with E-state index in [2.05, 4.69) is 32.8 Å². The molecule has 2 unspecified atom stereocenters. The molecule has 124 valence electrons. The highest BCUT2D eigenvalue weighted by atomic mass is 15.2. The minimum absolute atomic E-state index is 0.390. The number of rotatable bonds is 4. The molecule has 0 amide bonds. The molecule has 0 spiro atoms. The summed E-state index contributed by atoms with van der Waals surface area (Å²) in [5.74, 6) is 1.92. The van der Waals surface area contributed by atoms with E-state index in [0.717, 1.165) is 36.7 Å². The molecule has 1 N–H and O–H groups in total. The second-order valence-corrected chi connectivity index (χ2v) is 6.98. The third kappa shape index (κ3) is 3.00. The molecule has 5 heteroatoms. The van der Waals surface area contributed by atoms with Crippen LogP contribution < -0.4 is 5.32 Å². The lowest BCUT2D eigenvalue weighted by atomic mass is 10.0. The number of hydrogen-bond donors (Lipinski definition) is 1. The van der Waals surface area contributed by atoms with Crippen molar-refractivity contribution in [2.45, 2.75) is 45.2 Å². The maximum absolute atomic E-state index is 4.94. The number of nitrogens with zero attached hydrogens (tertiary/aromatic N) is 4. The van der Waals surface area contributed by atoms with Gasteiger partial charge in [0.25, 0.3) is 0 Å². The third-order valence-corrected chi connectivity index (χ3v) is 5.41. The number of nitrogens with one attached hydrogen (secondary N) is 1. The van der Waals surface area contributed by atoms with E-state index in [1.54, 1.807) is 0 Å². The Morgan fingerprint density at radius 1 is 1.30 bits per heavy atom. The molecule has 0 saturated carbocycles. The van der Waals surface area contributed by atoms with Gasteiger partial charge in [-0.05, 0) is 56.9 Å². The summed E-state index contributed by atoms with van der Waals surface area (Å²) in [6.45, 7) is 8.02. The highest BCUT2D eigenvalue weighted by Crippen LogP contribution is 2.28. The number of piperidine rings is 1. The Bertz CT molecular complexity index is 658. The molecule has 23 heavy (non-hydrogen) atoms. The Balaban J connectivity index is 1.65. The van der Waals surface area contributed by atoms with Gasteiger partial charge in [0, 0.05) is 19.3 Å². The monoisotopic (exact) mass is 313 g/mol. The average molecular weight is 313 g/mol. The molecule has 4 rings (SSSR count). The standard InChI is InChI=1S/C18H27N5/c1-2-22-11-8-14(12-22)13-23-17-16(7-5-10-20-17)21-18(23)15-6-3-4-9-19-15/h5,7,10,14-15,19H,2-4,6,8-9,11-13H2,1H3. The van der Waals surface area contributed by atoms with Crippen LogP contribution in [-0.4, -0.2) is 45.6 Å². The predicted octanol–water partition coefficient (Wildman–Crippen LogP) is 2.59. The first kappa shape index (κ1) is 15.1. The zero-order chi connectivity index (χ0) is 15.6. The molecule has 2 aromatic rings.